The number of rotatable bonds is 1. The summed E-state index contributed by atoms with van der Waals surface area (Å²) in [5, 5.41) is 12.1. The van der Waals surface area contributed by atoms with Gasteiger partial charge in [0.25, 0.3) is 0 Å². The molecule has 1 saturated heterocycles. The molecule has 1 heterocycles. The molecular weight excluding hydrogens is 152 g/mol. The van der Waals surface area contributed by atoms with Gasteiger partial charge in [-0.1, -0.05) is 6.92 Å². The van der Waals surface area contributed by atoms with E-state index in [-0.39, 0.29) is 18.2 Å². The van der Waals surface area contributed by atoms with Gasteiger partial charge in [-0.3, -0.25) is 5.32 Å². The van der Waals surface area contributed by atoms with Gasteiger partial charge >= 0.3 is 0 Å². The monoisotopic (exact) mass is 168 g/mol. The second-order valence-electron chi connectivity index (χ2n) is 3.55. The third-order valence-electron chi connectivity index (χ3n) is 2.62. The first-order valence-corrected chi connectivity index (χ1v) is 4.37. The van der Waals surface area contributed by atoms with E-state index in [1.54, 1.807) is 7.11 Å². The van der Waals surface area contributed by atoms with Crippen LogP contribution >= 0.6 is 0 Å². The molecule has 0 aliphatic carbocycles. The molecule has 1 aliphatic heterocycles. The fourth-order valence-corrected chi connectivity index (χ4v) is 1.85. The number of ether oxygens (including phenoxy) is 1. The lowest BCUT2D eigenvalue weighted by atomic mass is 9.83. The molecule has 0 saturated carbocycles. The van der Waals surface area contributed by atoms with Crippen LogP contribution in [0.25, 0.3) is 0 Å². The molecule has 1 N–H and O–H groups in total. The van der Waals surface area contributed by atoms with Crippen molar-refractivity contribution in [2.45, 2.75) is 32.5 Å². The zero-order valence-electron chi connectivity index (χ0n) is 7.87. The van der Waals surface area contributed by atoms with Gasteiger partial charge in [-0.25, -0.2) is 0 Å². The number of hydrogen-bond donors (Lipinski definition) is 1. The van der Waals surface area contributed by atoms with Crippen molar-refractivity contribution in [2.24, 2.45) is 11.8 Å². The van der Waals surface area contributed by atoms with Crippen molar-refractivity contribution in [3.05, 3.63) is 0 Å². The number of hydrogen-bond acceptors (Lipinski definition) is 3. The van der Waals surface area contributed by atoms with Crippen LogP contribution < -0.4 is 5.32 Å². The Morgan fingerprint density at radius 3 is 2.58 bits per heavy atom. The minimum absolute atomic E-state index is 0.122. The SMILES string of the molecule is COC1CC(C)C(C#N)C(C)N1. The molecule has 0 aromatic carbocycles. The van der Waals surface area contributed by atoms with Crippen molar-refractivity contribution < 1.29 is 4.74 Å². The van der Waals surface area contributed by atoms with Crippen LogP contribution in [0.3, 0.4) is 0 Å². The van der Waals surface area contributed by atoms with Gasteiger partial charge in [-0.15, -0.1) is 0 Å². The minimum atomic E-state index is 0.122. The molecule has 0 radical (unpaired) electrons. The first-order valence-electron chi connectivity index (χ1n) is 4.37. The van der Waals surface area contributed by atoms with Crippen LogP contribution in [-0.2, 0) is 4.74 Å². The van der Waals surface area contributed by atoms with Crippen LogP contribution in [0.4, 0.5) is 0 Å². The average Bonchev–Trinajstić information content (AvgIpc) is 2.03. The summed E-state index contributed by atoms with van der Waals surface area (Å²) in [5.41, 5.74) is 0. The molecule has 3 nitrogen and oxygen atoms in total. The highest BCUT2D eigenvalue weighted by molar-refractivity contribution is 4.97. The van der Waals surface area contributed by atoms with Crippen LogP contribution in [0.15, 0.2) is 0 Å². The topological polar surface area (TPSA) is 45.0 Å². The zero-order chi connectivity index (χ0) is 9.14. The summed E-state index contributed by atoms with van der Waals surface area (Å²) in [6.07, 6.45) is 1.05. The Kier molecular flexibility index (Phi) is 3.07. The molecule has 1 rings (SSSR count). The smallest absolute Gasteiger partial charge is 0.108 e. The normalized spacial score (nSPS) is 42.2. The van der Waals surface area contributed by atoms with E-state index in [2.05, 4.69) is 18.3 Å². The van der Waals surface area contributed by atoms with Crippen molar-refractivity contribution in [3.63, 3.8) is 0 Å². The van der Waals surface area contributed by atoms with Crippen molar-refractivity contribution in [1.82, 2.24) is 5.32 Å². The fourth-order valence-electron chi connectivity index (χ4n) is 1.85. The van der Waals surface area contributed by atoms with E-state index in [4.69, 9.17) is 10.00 Å². The first-order chi connectivity index (χ1) is 5.69. The Balaban J connectivity index is 2.58. The molecule has 12 heavy (non-hydrogen) atoms. The van der Waals surface area contributed by atoms with Crippen LogP contribution in [0.2, 0.25) is 0 Å². The van der Waals surface area contributed by atoms with E-state index in [0.29, 0.717) is 5.92 Å². The van der Waals surface area contributed by atoms with Gasteiger partial charge in [0.1, 0.15) is 6.23 Å². The van der Waals surface area contributed by atoms with Gasteiger partial charge in [-0.05, 0) is 19.3 Å². The van der Waals surface area contributed by atoms with Gasteiger partial charge < -0.3 is 4.74 Å². The summed E-state index contributed by atoms with van der Waals surface area (Å²) >= 11 is 0. The lowest BCUT2D eigenvalue weighted by molar-refractivity contribution is 0.00885. The van der Waals surface area contributed by atoms with Gasteiger partial charge in [-0.2, -0.15) is 5.26 Å². The summed E-state index contributed by atoms with van der Waals surface area (Å²) in [4.78, 5) is 0. The van der Waals surface area contributed by atoms with E-state index < -0.39 is 0 Å². The summed E-state index contributed by atoms with van der Waals surface area (Å²) in [7, 11) is 1.70. The molecule has 1 fully saturated rings. The zero-order valence-corrected chi connectivity index (χ0v) is 7.87. The highest BCUT2D eigenvalue weighted by Gasteiger charge is 2.32. The number of piperidine rings is 1. The van der Waals surface area contributed by atoms with Crippen molar-refractivity contribution in [2.75, 3.05) is 7.11 Å². The van der Waals surface area contributed by atoms with Crippen molar-refractivity contribution in [3.8, 4) is 6.07 Å². The van der Waals surface area contributed by atoms with Crippen LogP contribution in [-0.4, -0.2) is 19.4 Å². The maximum absolute atomic E-state index is 8.86. The fraction of sp³-hybridized carbons (Fsp3) is 0.889. The second-order valence-corrected chi connectivity index (χ2v) is 3.55. The summed E-state index contributed by atoms with van der Waals surface area (Å²) in [5.74, 6) is 0.549. The summed E-state index contributed by atoms with van der Waals surface area (Å²) in [6.45, 7) is 4.15. The van der Waals surface area contributed by atoms with Gasteiger partial charge in [0.2, 0.25) is 0 Å². The third kappa shape index (κ3) is 1.77. The molecule has 4 unspecified atom stereocenters. The predicted octanol–water partition coefficient (Wildman–Crippen LogP) is 1.12. The van der Waals surface area contributed by atoms with Crippen molar-refractivity contribution in [1.29, 1.82) is 5.26 Å². The molecule has 1 aliphatic rings. The highest BCUT2D eigenvalue weighted by atomic mass is 16.5. The van der Waals surface area contributed by atoms with E-state index in [1.165, 1.54) is 0 Å². The molecule has 0 spiro atoms. The average molecular weight is 168 g/mol. The Morgan fingerprint density at radius 1 is 1.50 bits per heavy atom. The largest absolute Gasteiger partial charge is 0.367 e. The van der Waals surface area contributed by atoms with Gasteiger partial charge in [0, 0.05) is 13.2 Å². The highest BCUT2D eigenvalue weighted by Crippen LogP contribution is 2.25. The van der Waals surface area contributed by atoms with Gasteiger partial charge in [0.05, 0.1) is 12.0 Å². The Morgan fingerprint density at radius 2 is 2.17 bits per heavy atom. The van der Waals surface area contributed by atoms with Crippen molar-refractivity contribution >= 4 is 0 Å². The molecular formula is C9H16N2O. The summed E-state index contributed by atoms with van der Waals surface area (Å²) in [6, 6.07) is 2.57. The standard InChI is InChI=1S/C9H16N2O/c1-6-4-9(12-3)11-7(2)8(6)5-10/h6-9,11H,4H2,1-3H3. The molecule has 4 atom stereocenters. The Labute approximate surface area is 73.7 Å². The van der Waals surface area contributed by atoms with E-state index in [9.17, 15) is 0 Å². The quantitative estimate of drug-likeness (QED) is 0.638. The lowest BCUT2D eigenvalue weighted by Gasteiger charge is -2.35. The maximum Gasteiger partial charge on any atom is 0.108 e. The second kappa shape index (κ2) is 3.88. The lowest BCUT2D eigenvalue weighted by Crippen LogP contribution is -2.49. The summed E-state index contributed by atoms with van der Waals surface area (Å²) < 4.78 is 5.20. The molecule has 0 amide bonds. The van der Waals surface area contributed by atoms with E-state index in [1.807, 2.05) is 6.92 Å². The van der Waals surface area contributed by atoms with Crippen LogP contribution in [0.1, 0.15) is 20.3 Å². The molecule has 0 bridgehead atoms. The Bertz CT molecular complexity index is 175. The third-order valence-corrected chi connectivity index (χ3v) is 2.62. The number of nitriles is 1. The molecule has 0 aromatic heterocycles. The number of nitrogens with one attached hydrogen (secondary N) is 1. The number of methoxy groups -OCH3 is 1. The van der Waals surface area contributed by atoms with Gasteiger partial charge in [0.15, 0.2) is 0 Å². The Hall–Kier alpha value is -0.590. The molecule has 3 heteroatoms. The van der Waals surface area contributed by atoms with E-state index in [0.717, 1.165) is 6.42 Å². The molecule has 0 aromatic rings. The minimum Gasteiger partial charge on any atom is -0.367 e. The predicted molar refractivity (Wildman–Crippen MR) is 46.3 cm³/mol. The number of nitrogens with zero attached hydrogens (tertiary/aromatic N) is 1. The first kappa shape index (κ1) is 9.50. The maximum atomic E-state index is 8.86. The molecule has 68 valence electrons. The van der Waals surface area contributed by atoms with E-state index >= 15 is 0 Å². The van der Waals surface area contributed by atoms with Crippen LogP contribution in [0, 0.1) is 23.2 Å². The van der Waals surface area contributed by atoms with Crippen LogP contribution in [0.5, 0.6) is 0 Å².